The standard InChI is InChI=1S/C9H19NO2/c1-8(2)3-4-9(5-10,6-11)7(8)12/h7,11-12H,3-6,10H2,1-2H3. The lowest BCUT2D eigenvalue weighted by molar-refractivity contribution is -0.0328. The predicted octanol–water partition coefficient (Wildman–Crippen LogP) is 0.105. The predicted molar refractivity (Wildman–Crippen MR) is 47.6 cm³/mol. The van der Waals surface area contributed by atoms with Crippen molar-refractivity contribution in [2.75, 3.05) is 13.2 Å². The summed E-state index contributed by atoms with van der Waals surface area (Å²) in [6.07, 6.45) is 1.29. The minimum absolute atomic E-state index is 0.00586. The van der Waals surface area contributed by atoms with Crippen LogP contribution in [0.5, 0.6) is 0 Å². The summed E-state index contributed by atoms with van der Waals surface area (Å²) in [7, 11) is 0. The maximum absolute atomic E-state index is 9.93. The Balaban J connectivity index is 2.83. The van der Waals surface area contributed by atoms with Gasteiger partial charge in [0.05, 0.1) is 12.7 Å². The van der Waals surface area contributed by atoms with E-state index < -0.39 is 11.5 Å². The highest BCUT2D eigenvalue weighted by molar-refractivity contribution is 5.01. The summed E-state index contributed by atoms with van der Waals surface area (Å²) >= 11 is 0. The Morgan fingerprint density at radius 2 is 2.00 bits per heavy atom. The fourth-order valence-electron chi connectivity index (χ4n) is 2.12. The lowest BCUT2D eigenvalue weighted by atomic mass is 9.79. The van der Waals surface area contributed by atoms with E-state index in [1.807, 2.05) is 13.8 Å². The Hall–Kier alpha value is -0.120. The average Bonchev–Trinajstić information content (AvgIpc) is 2.27. The molecule has 3 heteroatoms. The van der Waals surface area contributed by atoms with Crippen LogP contribution >= 0.6 is 0 Å². The molecule has 0 aromatic heterocycles. The first-order chi connectivity index (χ1) is 5.48. The highest BCUT2D eigenvalue weighted by atomic mass is 16.3. The Kier molecular flexibility index (Phi) is 2.47. The van der Waals surface area contributed by atoms with Gasteiger partial charge in [0.1, 0.15) is 0 Å². The second-order valence-corrected chi connectivity index (χ2v) is 4.62. The van der Waals surface area contributed by atoms with Gasteiger partial charge in [-0.05, 0) is 18.3 Å². The van der Waals surface area contributed by atoms with Crippen LogP contribution in [0.25, 0.3) is 0 Å². The molecule has 2 unspecified atom stereocenters. The molecular weight excluding hydrogens is 154 g/mol. The normalized spacial score (nSPS) is 40.2. The molecule has 4 N–H and O–H groups in total. The molecule has 12 heavy (non-hydrogen) atoms. The topological polar surface area (TPSA) is 66.5 Å². The molecule has 1 rings (SSSR count). The molecule has 0 saturated heterocycles. The number of hydrogen-bond acceptors (Lipinski definition) is 3. The first-order valence-electron chi connectivity index (χ1n) is 4.47. The van der Waals surface area contributed by atoms with E-state index in [2.05, 4.69) is 0 Å². The molecule has 1 fully saturated rings. The monoisotopic (exact) mass is 173 g/mol. The minimum atomic E-state index is -0.472. The van der Waals surface area contributed by atoms with Crippen molar-refractivity contribution in [3.05, 3.63) is 0 Å². The Labute approximate surface area is 73.6 Å². The van der Waals surface area contributed by atoms with Crippen LogP contribution in [-0.2, 0) is 0 Å². The van der Waals surface area contributed by atoms with Crippen molar-refractivity contribution in [3.63, 3.8) is 0 Å². The van der Waals surface area contributed by atoms with E-state index in [1.54, 1.807) is 0 Å². The number of nitrogens with two attached hydrogens (primary N) is 1. The number of hydrogen-bond donors (Lipinski definition) is 3. The van der Waals surface area contributed by atoms with Gasteiger partial charge < -0.3 is 15.9 Å². The molecular formula is C9H19NO2. The van der Waals surface area contributed by atoms with E-state index in [0.29, 0.717) is 6.54 Å². The van der Waals surface area contributed by atoms with Crippen LogP contribution in [-0.4, -0.2) is 29.5 Å². The van der Waals surface area contributed by atoms with E-state index in [4.69, 9.17) is 5.73 Å². The number of aliphatic hydroxyl groups excluding tert-OH is 2. The van der Waals surface area contributed by atoms with Gasteiger partial charge in [-0.1, -0.05) is 13.8 Å². The molecule has 2 atom stereocenters. The molecule has 0 aromatic carbocycles. The van der Waals surface area contributed by atoms with Gasteiger partial charge in [0.25, 0.3) is 0 Å². The summed E-state index contributed by atoms with van der Waals surface area (Å²) in [6, 6.07) is 0. The second-order valence-electron chi connectivity index (χ2n) is 4.62. The Bertz CT molecular complexity index is 164. The van der Waals surface area contributed by atoms with Gasteiger partial charge in [0.2, 0.25) is 0 Å². The van der Waals surface area contributed by atoms with Crippen molar-refractivity contribution in [2.24, 2.45) is 16.6 Å². The van der Waals surface area contributed by atoms with Gasteiger partial charge in [-0.15, -0.1) is 0 Å². The molecule has 72 valence electrons. The quantitative estimate of drug-likeness (QED) is 0.555. The molecule has 1 aliphatic rings. The first kappa shape index (κ1) is 9.96. The Morgan fingerprint density at radius 1 is 1.42 bits per heavy atom. The zero-order chi connectivity index (χ0) is 9.41. The summed E-state index contributed by atoms with van der Waals surface area (Å²) in [5.74, 6) is 0. The number of aliphatic hydroxyl groups is 2. The molecule has 0 radical (unpaired) electrons. The van der Waals surface area contributed by atoms with E-state index in [1.165, 1.54) is 0 Å². The zero-order valence-corrected chi connectivity index (χ0v) is 7.88. The molecule has 1 aliphatic carbocycles. The van der Waals surface area contributed by atoms with E-state index in [0.717, 1.165) is 12.8 Å². The second kappa shape index (κ2) is 2.98. The molecule has 0 bridgehead atoms. The smallest absolute Gasteiger partial charge is 0.0681 e. The van der Waals surface area contributed by atoms with Gasteiger partial charge in [-0.25, -0.2) is 0 Å². The lowest BCUT2D eigenvalue weighted by Crippen LogP contribution is -2.45. The summed E-state index contributed by atoms with van der Waals surface area (Å²) in [4.78, 5) is 0. The van der Waals surface area contributed by atoms with Crippen molar-refractivity contribution in [1.29, 1.82) is 0 Å². The van der Waals surface area contributed by atoms with E-state index in [-0.39, 0.29) is 12.0 Å². The van der Waals surface area contributed by atoms with Crippen LogP contribution in [0.4, 0.5) is 0 Å². The SMILES string of the molecule is CC1(C)CCC(CN)(CO)C1O. The largest absolute Gasteiger partial charge is 0.396 e. The van der Waals surface area contributed by atoms with Crippen molar-refractivity contribution in [2.45, 2.75) is 32.8 Å². The summed E-state index contributed by atoms with van der Waals surface area (Å²) in [5.41, 5.74) is 5.03. The average molecular weight is 173 g/mol. The molecule has 0 heterocycles. The molecule has 0 aromatic rings. The highest BCUT2D eigenvalue weighted by Gasteiger charge is 2.50. The summed E-state index contributed by atoms with van der Waals surface area (Å²) in [5, 5.41) is 19.1. The highest BCUT2D eigenvalue weighted by Crippen LogP contribution is 2.48. The van der Waals surface area contributed by atoms with E-state index in [9.17, 15) is 10.2 Å². The Morgan fingerprint density at radius 3 is 2.17 bits per heavy atom. The third-order valence-corrected chi connectivity index (χ3v) is 3.31. The van der Waals surface area contributed by atoms with Gasteiger partial charge in [0.15, 0.2) is 0 Å². The molecule has 3 nitrogen and oxygen atoms in total. The molecule has 0 aliphatic heterocycles. The van der Waals surface area contributed by atoms with Gasteiger partial charge in [-0.3, -0.25) is 0 Å². The fourth-order valence-corrected chi connectivity index (χ4v) is 2.12. The summed E-state index contributed by atoms with van der Waals surface area (Å²) < 4.78 is 0. The van der Waals surface area contributed by atoms with Gasteiger partial charge >= 0.3 is 0 Å². The van der Waals surface area contributed by atoms with Crippen LogP contribution in [0.2, 0.25) is 0 Å². The van der Waals surface area contributed by atoms with Crippen LogP contribution < -0.4 is 5.73 Å². The first-order valence-corrected chi connectivity index (χ1v) is 4.47. The minimum Gasteiger partial charge on any atom is -0.396 e. The lowest BCUT2D eigenvalue weighted by Gasteiger charge is -2.34. The molecule has 0 amide bonds. The zero-order valence-electron chi connectivity index (χ0n) is 7.88. The molecule has 1 saturated carbocycles. The third kappa shape index (κ3) is 1.26. The fraction of sp³-hybridized carbons (Fsp3) is 1.00. The van der Waals surface area contributed by atoms with Gasteiger partial charge in [0, 0.05) is 12.0 Å². The third-order valence-electron chi connectivity index (χ3n) is 3.31. The van der Waals surface area contributed by atoms with Crippen molar-refractivity contribution < 1.29 is 10.2 Å². The molecule has 0 spiro atoms. The van der Waals surface area contributed by atoms with Crippen molar-refractivity contribution in [3.8, 4) is 0 Å². The number of rotatable bonds is 2. The van der Waals surface area contributed by atoms with Crippen LogP contribution in [0.15, 0.2) is 0 Å². The van der Waals surface area contributed by atoms with Crippen molar-refractivity contribution in [1.82, 2.24) is 0 Å². The maximum atomic E-state index is 9.93. The summed E-state index contributed by atoms with van der Waals surface area (Å²) in [6.45, 7) is 4.40. The van der Waals surface area contributed by atoms with Crippen LogP contribution in [0.1, 0.15) is 26.7 Å². The van der Waals surface area contributed by atoms with E-state index >= 15 is 0 Å². The van der Waals surface area contributed by atoms with Crippen molar-refractivity contribution >= 4 is 0 Å². The van der Waals surface area contributed by atoms with Crippen LogP contribution in [0.3, 0.4) is 0 Å². The maximum Gasteiger partial charge on any atom is 0.0681 e. The van der Waals surface area contributed by atoms with Gasteiger partial charge in [-0.2, -0.15) is 0 Å². The van der Waals surface area contributed by atoms with Crippen LogP contribution in [0, 0.1) is 10.8 Å².